The minimum absolute atomic E-state index is 0.404. The number of unbranched alkanes of at least 4 members (excludes halogenated alkanes) is 2. The van der Waals surface area contributed by atoms with Crippen LogP contribution in [0.1, 0.15) is 26.2 Å². The van der Waals surface area contributed by atoms with Crippen LogP contribution in [0.25, 0.3) is 0 Å². The van der Waals surface area contributed by atoms with Crippen molar-refractivity contribution in [3.05, 3.63) is 0 Å². The monoisotopic (exact) mass is 155 g/mol. The highest BCUT2D eigenvalue weighted by Crippen LogP contribution is 1.99. The van der Waals surface area contributed by atoms with E-state index in [0.717, 1.165) is 13.0 Å². The molecule has 0 bridgehead atoms. The molecule has 1 aromatic heterocycles. The van der Waals surface area contributed by atoms with Crippen molar-refractivity contribution in [2.45, 2.75) is 32.7 Å². The quantitative estimate of drug-likeness (QED) is 0.641. The Morgan fingerprint density at radius 3 is 2.82 bits per heavy atom. The van der Waals surface area contributed by atoms with Crippen LogP contribution in [0.4, 0.5) is 5.95 Å². The summed E-state index contributed by atoms with van der Waals surface area (Å²) in [5.74, 6) is 0.404. The summed E-state index contributed by atoms with van der Waals surface area (Å²) in [4.78, 5) is 0. The predicted octanol–water partition coefficient (Wildman–Crippen LogP) is 0.445. The lowest BCUT2D eigenvalue weighted by molar-refractivity contribution is 0.543. The molecule has 0 fully saturated rings. The number of anilines is 1. The van der Waals surface area contributed by atoms with E-state index in [1.807, 2.05) is 0 Å². The van der Waals surface area contributed by atoms with E-state index in [1.54, 1.807) is 4.68 Å². The van der Waals surface area contributed by atoms with Gasteiger partial charge in [0.15, 0.2) is 0 Å². The second-order valence-electron chi connectivity index (χ2n) is 2.47. The lowest BCUT2D eigenvalue weighted by Crippen LogP contribution is -2.05. The van der Waals surface area contributed by atoms with Crippen molar-refractivity contribution in [3.8, 4) is 0 Å². The third-order valence-corrected chi connectivity index (χ3v) is 1.53. The molecule has 0 aromatic carbocycles. The van der Waals surface area contributed by atoms with Crippen molar-refractivity contribution >= 4 is 5.95 Å². The molecule has 0 radical (unpaired) electrons. The Balaban J connectivity index is 2.32. The molecule has 1 aromatic rings. The third kappa shape index (κ3) is 2.18. The zero-order valence-electron chi connectivity index (χ0n) is 6.69. The van der Waals surface area contributed by atoms with E-state index >= 15 is 0 Å². The molecule has 0 aliphatic heterocycles. The fraction of sp³-hybridized carbons (Fsp3) is 0.833. The van der Waals surface area contributed by atoms with Crippen LogP contribution >= 0.6 is 0 Å². The molecule has 0 aliphatic rings. The van der Waals surface area contributed by atoms with Gasteiger partial charge in [-0.15, -0.1) is 0 Å². The maximum Gasteiger partial charge on any atom is 0.240 e. The lowest BCUT2D eigenvalue weighted by atomic mass is 10.2. The number of tetrazole rings is 1. The molecule has 11 heavy (non-hydrogen) atoms. The van der Waals surface area contributed by atoms with E-state index in [1.165, 1.54) is 12.8 Å². The number of hydrogen-bond acceptors (Lipinski definition) is 4. The van der Waals surface area contributed by atoms with E-state index < -0.39 is 0 Å². The van der Waals surface area contributed by atoms with Gasteiger partial charge in [0.1, 0.15) is 0 Å². The molecule has 1 heterocycles. The highest BCUT2D eigenvalue weighted by atomic mass is 15.6. The molecule has 0 atom stereocenters. The molecule has 0 spiro atoms. The Labute approximate surface area is 65.6 Å². The molecule has 62 valence electrons. The highest BCUT2D eigenvalue weighted by Gasteiger charge is 1.98. The minimum Gasteiger partial charge on any atom is -0.367 e. The van der Waals surface area contributed by atoms with Gasteiger partial charge in [-0.25, -0.2) is 4.68 Å². The summed E-state index contributed by atoms with van der Waals surface area (Å²) in [6.45, 7) is 2.98. The van der Waals surface area contributed by atoms with Crippen LogP contribution in [0.3, 0.4) is 0 Å². The molecular weight excluding hydrogens is 142 g/mol. The predicted molar refractivity (Wildman–Crippen MR) is 41.8 cm³/mol. The maximum atomic E-state index is 5.45. The van der Waals surface area contributed by atoms with Gasteiger partial charge in [0.25, 0.3) is 0 Å². The number of hydrogen-bond donors (Lipinski definition) is 1. The molecule has 0 aliphatic carbocycles. The summed E-state index contributed by atoms with van der Waals surface area (Å²) >= 11 is 0. The first kappa shape index (κ1) is 7.97. The van der Waals surface area contributed by atoms with Crippen LogP contribution in [0, 0.1) is 0 Å². The van der Waals surface area contributed by atoms with Gasteiger partial charge < -0.3 is 5.73 Å². The van der Waals surface area contributed by atoms with Gasteiger partial charge in [-0.3, -0.25) is 0 Å². The van der Waals surface area contributed by atoms with Crippen LogP contribution in [-0.2, 0) is 6.54 Å². The normalized spacial score (nSPS) is 10.3. The molecule has 0 saturated heterocycles. The third-order valence-electron chi connectivity index (χ3n) is 1.53. The average Bonchev–Trinajstić information content (AvgIpc) is 2.37. The Hall–Kier alpha value is -1.13. The Morgan fingerprint density at radius 1 is 1.45 bits per heavy atom. The number of nitrogen functional groups attached to an aromatic ring is 1. The average molecular weight is 155 g/mol. The molecule has 2 N–H and O–H groups in total. The first-order valence-electron chi connectivity index (χ1n) is 3.86. The fourth-order valence-electron chi connectivity index (χ4n) is 0.882. The summed E-state index contributed by atoms with van der Waals surface area (Å²) in [6, 6.07) is 0. The van der Waals surface area contributed by atoms with Gasteiger partial charge in [-0.2, -0.15) is 0 Å². The maximum absolute atomic E-state index is 5.45. The summed E-state index contributed by atoms with van der Waals surface area (Å²) in [7, 11) is 0. The zero-order chi connectivity index (χ0) is 8.10. The second kappa shape index (κ2) is 3.90. The van der Waals surface area contributed by atoms with E-state index in [4.69, 9.17) is 5.73 Å². The molecule has 0 amide bonds. The lowest BCUT2D eigenvalue weighted by Gasteiger charge is -1.98. The summed E-state index contributed by atoms with van der Waals surface area (Å²) in [6.07, 6.45) is 3.48. The van der Waals surface area contributed by atoms with E-state index in [9.17, 15) is 0 Å². The largest absolute Gasteiger partial charge is 0.367 e. The van der Waals surface area contributed by atoms with Crippen LogP contribution in [0.15, 0.2) is 0 Å². The standard InChI is InChI=1S/C6H13N5/c1-2-3-4-5-11-6(7)8-9-10-11/h2-5H2,1H3,(H2,7,8,10). The van der Waals surface area contributed by atoms with Crippen molar-refractivity contribution in [1.29, 1.82) is 0 Å². The van der Waals surface area contributed by atoms with Gasteiger partial charge in [0, 0.05) is 6.54 Å². The smallest absolute Gasteiger partial charge is 0.240 e. The molecular formula is C6H13N5. The fourth-order valence-corrected chi connectivity index (χ4v) is 0.882. The van der Waals surface area contributed by atoms with Crippen molar-refractivity contribution in [2.75, 3.05) is 5.73 Å². The zero-order valence-corrected chi connectivity index (χ0v) is 6.69. The summed E-state index contributed by atoms with van der Waals surface area (Å²) in [5.41, 5.74) is 5.45. The van der Waals surface area contributed by atoms with Gasteiger partial charge in [0.05, 0.1) is 0 Å². The van der Waals surface area contributed by atoms with E-state index in [0.29, 0.717) is 5.95 Å². The Kier molecular flexibility index (Phi) is 2.83. The molecule has 0 saturated carbocycles. The van der Waals surface area contributed by atoms with Gasteiger partial charge >= 0.3 is 0 Å². The van der Waals surface area contributed by atoms with Crippen molar-refractivity contribution in [2.24, 2.45) is 0 Å². The van der Waals surface area contributed by atoms with Crippen LogP contribution in [0.5, 0.6) is 0 Å². The number of nitrogens with two attached hydrogens (primary N) is 1. The van der Waals surface area contributed by atoms with E-state index in [2.05, 4.69) is 22.4 Å². The number of aryl methyl sites for hydroxylation is 1. The first-order valence-corrected chi connectivity index (χ1v) is 3.86. The molecule has 1 rings (SSSR count). The van der Waals surface area contributed by atoms with Gasteiger partial charge in [-0.05, 0) is 16.8 Å². The summed E-state index contributed by atoms with van der Waals surface area (Å²) < 4.78 is 1.62. The highest BCUT2D eigenvalue weighted by molar-refractivity contribution is 5.09. The molecule has 5 nitrogen and oxygen atoms in total. The SMILES string of the molecule is CCCCCn1nnnc1N. The second-order valence-corrected chi connectivity index (χ2v) is 2.47. The van der Waals surface area contributed by atoms with E-state index in [-0.39, 0.29) is 0 Å². The molecule has 0 unspecified atom stereocenters. The Morgan fingerprint density at radius 2 is 2.27 bits per heavy atom. The van der Waals surface area contributed by atoms with Crippen LogP contribution in [-0.4, -0.2) is 20.2 Å². The van der Waals surface area contributed by atoms with Gasteiger partial charge in [0.2, 0.25) is 5.95 Å². The van der Waals surface area contributed by atoms with Crippen LogP contribution < -0.4 is 5.73 Å². The van der Waals surface area contributed by atoms with Crippen LogP contribution in [0.2, 0.25) is 0 Å². The number of nitrogens with zero attached hydrogens (tertiary/aromatic N) is 4. The van der Waals surface area contributed by atoms with Gasteiger partial charge in [-0.1, -0.05) is 24.9 Å². The van der Waals surface area contributed by atoms with Crippen molar-refractivity contribution in [3.63, 3.8) is 0 Å². The Bertz CT molecular complexity index is 206. The van der Waals surface area contributed by atoms with Crippen molar-refractivity contribution in [1.82, 2.24) is 20.2 Å². The minimum atomic E-state index is 0.404. The number of rotatable bonds is 4. The first-order chi connectivity index (χ1) is 5.34. The topological polar surface area (TPSA) is 69.6 Å². The number of aromatic nitrogens is 4. The van der Waals surface area contributed by atoms with Crippen molar-refractivity contribution < 1.29 is 0 Å². The molecule has 5 heteroatoms. The summed E-state index contributed by atoms with van der Waals surface area (Å²) in [5, 5.41) is 10.7.